The molecule has 0 amide bonds. The summed E-state index contributed by atoms with van der Waals surface area (Å²) < 4.78 is 2.12. The van der Waals surface area contributed by atoms with Crippen molar-refractivity contribution in [1.82, 2.24) is 9.38 Å². The fourth-order valence-corrected chi connectivity index (χ4v) is 2.76. The van der Waals surface area contributed by atoms with E-state index in [1.54, 1.807) is 11.3 Å². The number of hydrogen-bond acceptors (Lipinski definition) is 3. The molecule has 4 heteroatoms. The number of benzene rings is 1. The highest BCUT2D eigenvalue weighted by Crippen LogP contribution is 2.27. The van der Waals surface area contributed by atoms with Crippen LogP contribution in [-0.2, 0) is 0 Å². The van der Waals surface area contributed by atoms with Crippen LogP contribution >= 0.6 is 24.0 Å². The fourth-order valence-electron chi connectivity index (χ4n) is 1.94. The second-order valence-electron chi connectivity index (χ2n) is 3.85. The van der Waals surface area contributed by atoms with Crippen LogP contribution < -0.4 is 0 Å². The number of thiazole rings is 1. The minimum atomic E-state index is 0.728. The summed E-state index contributed by atoms with van der Waals surface area (Å²) in [4.78, 5) is 5.72. The van der Waals surface area contributed by atoms with E-state index in [0.29, 0.717) is 0 Å². The average Bonchev–Trinajstić information content (AvgIpc) is 2.98. The highest BCUT2D eigenvalue weighted by atomic mass is 32.1. The topological polar surface area (TPSA) is 17.3 Å². The Hall–Kier alpha value is -1.52. The third-order valence-electron chi connectivity index (χ3n) is 2.73. The van der Waals surface area contributed by atoms with Crippen LogP contribution in [0.25, 0.3) is 22.3 Å². The molecule has 0 N–H and O–H groups in total. The monoisotopic (exact) mass is 272 g/mol. The highest BCUT2D eigenvalue weighted by molar-refractivity contribution is 7.80. The van der Waals surface area contributed by atoms with Gasteiger partial charge in [0.25, 0.3) is 0 Å². The third kappa shape index (κ3) is 1.98. The highest BCUT2D eigenvalue weighted by Gasteiger charge is 2.11. The molecule has 0 atom stereocenters. The lowest BCUT2D eigenvalue weighted by atomic mass is 10.1. The molecule has 18 heavy (non-hydrogen) atoms. The van der Waals surface area contributed by atoms with Crippen LogP contribution in [0.2, 0.25) is 0 Å². The van der Waals surface area contributed by atoms with Crippen molar-refractivity contribution < 1.29 is 0 Å². The number of fused-ring (bicyclic) bond motifs is 1. The zero-order valence-corrected chi connectivity index (χ0v) is 11.4. The molecular weight excluding hydrogens is 260 g/mol. The fraction of sp³-hybridized carbons (Fsp3) is 0.0714. The summed E-state index contributed by atoms with van der Waals surface area (Å²) in [6.07, 6.45) is 6.18. The van der Waals surface area contributed by atoms with Crippen molar-refractivity contribution in [3.63, 3.8) is 0 Å². The van der Waals surface area contributed by atoms with Crippen LogP contribution in [0.4, 0.5) is 0 Å². The molecule has 0 fully saturated rings. The molecule has 0 unspecified atom stereocenters. The van der Waals surface area contributed by atoms with E-state index >= 15 is 0 Å². The van der Waals surface area contributed by atoms with Crippen molar-refractivity contribution in [3.8, 4) is 11.3 Å². The normalized spacial score (nSPS) is 11.6. The molecule has 0 spiro atoms. The van der Waals surface area contributed by atoms with Crippen molar-refractivity contribution in [1.29, 1.82) is 0 Å². The summed E-state index contributed by atoms with van der Waals surface area (Å²) in [5.74, 6) is 0.728. The molecule has 1 aromatic carbocycles. The van der Waals surface area contributed by atoms with Gasteiger partial charge in [-0.25, -0.2) is 4.98 Å². The van der Waals surface area contributed by atoms with Gasteiger partial charge in [-0.05, 0) is 6.08 Å². The third-order valence-corrected chi connectivity index (χ3v) is 3.69. The van der Waals surface area contributed by atoms with Crippen molar-refractivity contribution in [2.75, 3.05) is 5.75 Å². The number of imidazole rings is 1. The zero-order chi connectivity index (χ0) is 12.4. The predicted octanol–water partition coefficient (Wildman–Crippen LogP) is 4.01. The summed E-state index contributed by atoms with van der Waals surface area (Å²) in [5.41, 5.74) is 3.29. The Bertz CT molecular complexity index is 680. The minimum Gasteiger partial charge on any atom is -0.290 e. The molecule has 3 aromatic rings. The molecule has 3 rings (SSSR count). The van der Waals surface area contributed by atoms with Crippen molar-refractivity contribution in [2.45, 2.75) is 0 Å². The van der Waals surface area contributed by atoms with Gasteiger partial charge in [0.1, 0.15) is 0 Å². The maximum absolute atomic E-state index is 4.70. The molecule has 0 aliphatic carbocycles. The number of thiol groups is 1. The number of hydrogen-bond donors (Lipinski definition) is 1. The molecule has 0 saturated carbocycles. The Morgan fingerprint density at radius 3 is 2.89 bits per heavy atom. The molecule has 90 valence electrons. The van der Waals surface area contributed by atoms with Crippen LogP contribution in [0.3, 0.4) is 0 Å². The van der Waals surface area contributed by atoms with Gasteiger partial charge < -0.3 is 0 Å². The lowest BCUT2D eigenvalue weighted by molar-refractivity contribution is 1.21. The van der Waals surface area contributed by atoms with Crippen molar-refractivity contribution in [2.24, 2.45) is 0 Å². The minimum absolute atomic E-state index is 0.728. The first kappa shape index (κ1) is 11.6. The molecule has 2 aromatic heterocycles. The zero-order valence-electron chi connectivity index (χ0n) is 9.65. The van der Waals surface area contributed by atoms with Gasteiger partial charge in [0.15, 0.2) is 4.96 Å². The van der Waals surface area contributed by atoms with Crippen molar-refractivity contribution in [3.05, 3.63) is 53.7 Å². The maximum atomic E-state index is 4.70. The van der Waals surface area contributed by atoms with Gasteiger partial charge in [0.2, 0.25) is 0 Å². The Morgan fingerprint density at radius 1 is 1.28 bits per heavy atom. The van der Waals surface area contributed by atoms with E-state index in [9.17, 15) is 0 Å². The number of nitrogens with zero attached hydrogens (tertiary/aromatic N) is 2. The van der Waals surface area contributed by atoms with Crippen LogP contribution in [0.1, 0.15) is 5.69 Å². The molecule has 0 saturated heterocycles. The van der Waals surface area contributed by atoms with Crippen LogP contribution in [0.15, 0.2) is 48.0 Å². The van der Waals surface area contributed by atoms with E-state index in [-0.39, 0.29) is 0 Å². The van der Waals surface area contributed by atoms with E-state index in [4.69, 9.17) is 4.98 Å². The van der Waals surface area contributed by atoms with E-state index in [1.807, 2.05) is 24.3 Å². The average molecular weight is 272 g/mol. The van der Waals surface area contributed by atoms with Gasteiger partial charge in [-0.2, -0.15) is 12.6 Å². The van der Waals surface area contributed by atoms with Crippen LogP contribution in [-0.4, -0.2) is 15.1 Å². The summed E-state index contributed by atoms with van der Waals surface area (Å²) in [6.45, 7) is 0. The maximum Gasteiger partial charge on any atom is 0.194 e. The van der Waals surface area contributed by atoms with Crippen molar-refractivity contribution >= 4 is 35.0 Å². The SMILES string of the molecule is SCC=Cc1c(-c2ccccc2)nc2sccn12. The second-order valence-corrected chi connectivity index (χ2v) is 5.09. The van der Waals surface area contributed by atoms with Gasteiger partial charge >= 0.3 is 0 Å². The Labute approximate surface area is 115 Å². The standard InChI is InChI=1S/C14H12N2S2/c17-9-4-7-12-13(11-5-2-1-3-6-11)15-14-16(12)8-10-18-14/h1-8,10,17H,9H2. The second kappa shape index (κ2) is 5.00. The summed E-state index contributed by atoms with van der Waals surface area (Å²) in [6, 6.07) is 10.3. The van der Waals surface area contributed by atoms with Gasteiger partial charge in [-0.15, -0.1) is 11.3 Å². The van der Waals surface area contributed by atoms with Gasteiger partial charge in [-0.3, -0.25) is 4.40 Å². The summed E-state index contributed by atoms with van der Waals surface area (Å²) >= 11 is 5.87. The molecule has 0 bridgehead atoms. The van der Waals surface area contributed by atoms with E-state index in [0.717, 1.165) is 27.7 Å². The first-order valence-corrected chi connectivity index (χ1v) is 7.20. The number of rotatable bonds is 3. The van der Waals surface area contributed by atoms with Gasteiger partial charge in [-0.1, -0.05) is 36.4 Å². The smallest absolute Gasteiger partial charge is 0.194 e. The lowest BCUT2D eigenvalue weighted by Crippen LogP contribution is -1.85. The summed E-state index contributed by atoms with van der Waals surface area (Å²) in [7, 11) is 0. The molecule has 2 heterocycles. The lowest BCUT2D eigenvalue weighted by Gasteiger charge is -1.99. The molecule has 2 nitrogen and oxygen atoms in total. The van der Waals surface area contributed by atoms with Crippen LogP contribution in [0.5, 0.6) is 0 Å². The van der Waals surface area contributed by atoms with E-state index in [1.165, 1.54) is 0 Å². The molecule has 0 aliphatic rings. The number of aromatic nitrogens is 2. The summed E-state index contributed by atoms with van der Waals surface area (Å²) in [5, 5.41) is 2.05. The van der Waals surface area contributed by atoms with E-state index in [2.05, 4.69) is 46.8 Å². The van der Waals surface area contributed by atoms with Gasteiger partial charge in [0, 0.05) is 22.9 Å². The van der Waals surface area contributed by atoms with Crippen LogP contribution in [0, 0.1) is 0 Å². The molecule has 0 radical (unpaired) electrons. The Balaban J connectivity index is 2.22. The quantitative estimate of drug-likeness (QED) is 0.713. The first-order valence-electron chi connectivity index (χ1n) is 5.68. The largest absolute Gasteiger partial charge is 0.290 e. The first-order chi connectivity index (χ1) is 8.90. The Kier molecular flexibility index (Phi) is 3.21. The molecule has 0 aliphatic heterocycles. The Morgan fingerprint density at radius 2 is 2.11 bits per heavy atom. The van der Waals surface area contributed by atoms with Gasteiger partial charge in [0.05, 0.1) is 11.4 Å². The predicted molar refractivity (Wildman–Crippen MR) is 81.4 cm³/mol. The van der Waals surface area contributed by atoms with E-state index < -0.39 is 0 Å². The molecular formula is C14H12N2S2.